The van der Waals surface area contributed by atoms with Gasteiger partial charge in [-0.3, -0.25) is 9.59 Å². The first-order valence-electron chi connectivity index (χ1n) is 8.38. The Morgan fingerprint density at radius 3 is 2.62 bits per heavy atom. The Labute approximate surface area is 155 Å². The molecule has 2 amide bonds. The van der Waals surface area contributed by atoms with E-state index in [1.54, 1.807) is 29.0 Å². The number of carbonyl (C=O) groups excluding carboxylic acids is 2. The topological polar surface area (TPSA) is 76.0 Å². The molecule has 0 saturated heterocycles. The fourth-order valence-electron chi connectivity index (χ4n) is 2.52. The number of aromatic nitrogens is 2. The fraction of sp³-hybridized carbons (Fsp3) is 0.211. The fourth-order valence-corrected chi connectivity index (χ4v) is 3.20. The summed E-state index contributed by atoms with van der Waals surface area (Å²) in [6.07, 6.45) is 0. The number of benzene rings is 1. The molecule has 0 spiro atoms. The Morgan fingerprint density at radius 2 is 1.96 bits per heavy atom. The van der Waals surface area contributed by atoms with Crippen molar-refractivity contribution in [3.8, 4) is 16.3 Å². The molecule has 0 fully saturated rings. The van der Waals surface area contributed by atoms with Gasteiger partial charge in [-0.25, -0.2) is 4.68 Å². The van der Waals surface area contributed by atoms with E-state index >= 15 is 0 Å². The van der Waals surface area contributed by atoms with E-state index in [1.807, 2.05) is 54.8 Å². The molecule has 0 aliphatic carbocycles. The summed E-state index contributed by atoms with van der Waals surface area (Å²) in [5.74, 6) is -0.562. The maximum atomic E-state index is 12.8. The lowest BCUT2D eigenvalue weighted by molar-refractivity contribution is -0.122. The van der Waals surface area contributed by atoms with E-state index in [2.05, 4.69) is 15.7 Å². The molecule has 0 radical (unpaired) electrons. The van der Waals surface area contributed by atoms with E-state index in [9.17, 15) is 9.59 Å². The highest BCUT2D eigenvalue weighted by Crippen LogP contribution is 2.25. The lowest BCUT2D eigenvalue weighted by Gasteiger charge is -2.14. The van der Waals surface area contributed by atoms with Crippen LogP contribution in [0.4, 0.5) is 0 Å². The molecule has 1 atom stereocenters. The third-order valence-electron chi connectivity index (χ3n) is 3.81. The third-order valence-corrected chi connectivity index (χ3v) is 4.70. The number of para-hydroxylation sites is 1. The number of thiophene rings is 1. The molecule has 0 bridgehead atoms. The number of hydrogen-bond donors (Lipinski definition) is 2. The van der Waals surface area contributed by atoms with E-state index in [-0.39, 0.29) is 11.8 Å². The summed E-state index contributed by atoms with van der Waals surface area (Å²) in [6, 6.07) is 14.5. The van der Waals surface area contributed by atoms with Gasteiger partial charge in [0.05, 0.1) is 10.6 Å². The average Bonchev–Trinajstić information content (AvgIpc) is 3.32. The average molecular weight is 368 g/mol. The third kappa shape index (κ3) is 3.83. The number of hydrogen-bond acceptors (Lipinski definition) is 4. The van der Waals surface area contributed by atoms with Gasteiger partial charge in [-0.05, 0) is 43.5 Å². The van der Waals surface area contributed by atoms with Crippen LogP contribution in [-0.4, -0.2) is 34.2 Å². The van der Waals surface area contributed by atoms with Crippen molar-refractivity contribution in [2.24, 2.45) is 0 Å². The number of likely N-dealkylation sites (N-methyl/N-ethyl adjacent to an activating group) is 1. The van der Waals surface area contributed by atoms with Crippen LogP contribution in [0.3, 0.4) is 0 Å². The first kappa shape index (κ1) is 17.9. The molecule has 2 aromatic heterocycles. The van der Waals surface area contributed by atoms with Crippen LogP contribution in [0.1, 0.15) is 24.3 Å². The lowest BCUT2D eigenvalue weighted by Crippen LogP contribution is -2.45. The molecule has 1 aromatic carbocycles. The van der Waals surface area contributed by atoms with Gasteiger partial charge in [0.15, 0.2) is 0 Å². The Kier molecular flexibility index (Phi) is 5.48. The van der Waals surface area contributed by atoms with Crippen LogP contribution in [0.5, 0.6) is 0 Å². The second kappa shape index (κ2) is 7.97. The highest BCUT2D eigenvalue weighted by molar-refractivity contribution is 7.13. The number of rotatable bonds is 6. The Hall–Kier alpha value is -2.93. The summed E-state index contributed by atoms with van der Waals surface area (Å²) < 4.78 is 1.61. The summed E-state index contributed by atoms with van der Waals surface area (Å²) in [7, 11) is 0. The maximum Gasteiger partial charge on any atom is 0.270 e. The Morgan fingerprint density at radius 1 is 1.19 bits per heavy atom. The van der Waals surface area contributed by atoms with Crippen molar-refractivity contribution in [3.05, 3.63) is 59.6 Å². The molecule has 0 aliphatic heterocycles. The van der Waals surface area contributed by atoms with Crippen molar-refractivity contribution in [1.29, 1.82) is 0 Å². The normalized spacial score (nSPS) is 11.8. The van der Waals surface area contributed by atoms with E-state index in [1.165, 1.54) is 0 Å². The van der Waals surface area contributed by atoms with Gasteiger partial charge in [0.1, 0.15) is 17.4 Å². The van der Waals surface area contributed by atoms with Gasteiger partial charge < -0.3 is 10.6 Å². The van der Waals surface area contributed by atoms with E-state index < -0.39 is 6.04 Å². The molecule has 0 unspecified atom stereocenters. The predicted octanol–water partition coefficient (Wildman–Crippen LogP) is 2.86. The zero-order valence-corrected chi connectivity index (χ0v) is 15.4. The van der Waals surface area contributed by atoms with Crippen molar-refractivity contribution in [2.75, 3.05) is 6.54 Å². The Balaban J connectivity index is 1.94. The summed E-state index contributed by atoms with van der Waals surface area (Å²) in [5, 5.41) is 12.0. The molecule has 134 valence electrons. The molecule has 7 heteroatoms. The van der Waals surface area contributed by atoms with Gasteiger partial charge in [-0.1, -0.05) is 24.3 Å². The van der Waals surface area contributed by atoms with Crippen molar-refractivity contribution in [2.45, 2.75) is 19.9 Å². The second-order valence-electron chi connectivity index (χ2n) is 5.73. The SMILES string of the molecule is CCNC(=O)[C@H](C)NC(=O)c1cc(-c2cccs2)nn1-c1ccccc1. The van der Waals surface area contributed by atoms with Gasteiger partial charge in [-0.15, -0.1) is 11.3 Å². The van der Waals surface area contributed by atoms with Crippen LogP contribution < -0.4 is 10.6 Å². The van der Waals surface area contributed by atoms with Gasteiger partial charge in [0.2, 0.25) is 5.91 Å². The first-order chi connectivity index (χ1) is 12.6. The predicted molar refractivity (Wildman–Crippen MR) is 102 cm³/mol. The van der Waals surface area contributed by atoms with Crippen LogP contribution in [0.15, 0.2) is 53.9 Å². The van der Waals surface area contributed by atoms with Crippen molar-refractivity contribution in [1.82, 2.24) is 20.4 Å². The minimum Gasteiger partial charge on any atom is -0.355 e. The minimum absolute atomic E-state index is 0.217. The molecule has 26 heavy (non-hydrogen) atoms. The standard InChI is InChI=1S/C19H20N4O2S/c1-3-20-18(24)13(2)21-19(25)16-12-15(17-10-7-11-26-17)22-23(16)14-8-5-4-6-9-14/h4-13H,3H2,1-2H3,(H,20,24)(H,21,25)/t13-/m0/s1. The molecule has 0 saturated carbocycles. The number of nitrogens with one attached hydrogen (secondary N) is 2. The Bertz CT molecular complexity index is 888. The highest BCUT2D eigenvalue weighted by Gasteiger charge is 2.21. The quantitative estimate of drug-likeness (QED) is 0.702. The minimum atomic E-state index is -0.633. The van der Waals surface area contributed by atoms with E-state index in [0.29, 0.717) is 12.2 Å². The van der Waals surface area contributed by atoms with Crippen molar-refractivity contribution >= 4 is 23.2 Å². The molecule has 6 nitrogen and oxygen atoms in total. The van der Waals surface area contributed by atoms with Crippen LogP contribution in [0, 0.1) is 0 Å². The van der Waals surface area contributed by atoms with E-state index in [0.717, 1.165) is 16.3 Å². The van der Waals surface area contributed by atoms with Crippen LogP contribution in [0.25, 0.3) is 16.3 Å². The zero-order chi connectivity index (χ0) is 18.5. The smallest absolute Gasteiger partial charge is 0.270 e. The zero-order valence-electron chi connectivity index (χ0n) is 14.6. The number of amides is 2. The number of nitrogens with zero attached hydrogens (tertiary/aromatic N) is 2. The molecule has 3 rings (SSSR count). The molecular formula is C19H20N4O2S. The number of carbonyl (C=O) groups is 2. The van der Waals surface area contributed by atoms with Gasteiger partial charge in [0, 0.05) is 6.54 Å². The largest absolute Gasteiger partial charge is 0.355 e. The molecule has 0 aliphatic rings. The summed E-state index contributed by atoms with van der Waals surface area (Å²) in [5.41, 5.74) is 1.89. The summed E-state index contributed by atoms with van der Waals surface area (Å²) in [4.78, 5) is 25.7. The summed E-state index contributed by atoms with van der Waals surface area (Å²) in [6.45, 7) is 4.01. The van der Waals surface area contributed by atoms with Crippen molar-refractivity contribution < 1.29 is 9.59 Å². The molecule has 2 N–H and O–H groups in total. The van der Waals surface area contributed by atoms with Crippen molar-refractivity contribution in [3.63, 3.8) is 0 Å². The van der Waals surface area contributed by atoms with Gasteiger partial charge in [0.25, 0.3) is 5.91 Å². The van der Waals surface area contributed by atoms with Gasteiger partial charge in [-0.2, -0.15) is 5.10 Å². The second-order valence-corrected chi connectivity index (χ2v) is 6.68. The first-order valence-corrected chi connectivity index (χ1v) is 9.26. The molecule has 3 aromatic rings. The van der Waals surface area contributed by atoms with Crippen LogP contribution in [-0.2, 0) is 4.79 Å². The highest BCUT2D eigenvalue weighted by atomic mass is 32.1. The van der Waals surface area contributed by atoms with Gasteiger partial charge >= 0.3 is 0 Å². The van der Waals surface area contributed by atoms with Crippen LogP contribution >= 0.6 is 11.3 Å². The lowest BCUT2D eigenvalue weighted by atomic mass is 10.2. The van der Waals surface area contributed by atoms with E-state index in [4.69, 9.17) is 0 Å². The molecule has 2 heterocycles. The monoisotopic (exact) mass is 368 g/mol. The molecular weight excluding hydrogens is 348 g/mol. The maximum absolute atomic E-state index is 12.8. The van der Waals surface area contributed by atoms with Crippen LogP contribution in [0.2, 0.25) is 0 Å². The summed E-state index contributed by atoms with van der Waals surface area (Å²) >= 11 is 1.56.